The van der Waals surface area contributed by atoms with Crippen LogP contribution in [0.5, 0.6) is 0 Å². The Hall–Kier alpha value is -1.31. The molecular weight excluding hydrogens is 266 g/mol. The normalized spacial score (nSPS) is 10.8. The number of hydrogen-bond acceptors (Lipinski definition) is 1. The maximum atomic E-state index is 5.80. The summed E-state index contributed by atoms with van der Waals surface area (Å²) in [6, 6.07) is 13.0. The third kappa shape index (κ3) is 3.84. The Bertz CT molecular complexity index is 549. The smallest absolute Gasteiger partial charge is 0.0474 e. The minimum Gasteiger partial charge on any atom is -0.309 e. The number of hydrogen-bond donors (Lipinski definition) is 1. The number of benzene rings is 2. The van der Waals surface area contributed by atoms with Crippen molar-refractivity contribution in [1.29, 1.82) is 0 Å². The van der Waals surface area contributed by atoms with Gasteiger partial charge in [-0.1, -0.05) is 42.0 Å². The Morgan fingerprint density at radius 2 is 1.40 bits per heavy atom. The summed E-state index contributed by atoms with van der Waals surface area (Å²) in [5.41, 5.74) is 7.94. The molecule has 2 aromatic rings. The molecular formula is C18H22ClN. The molecule has 0 aliphatic heterocycles. The Morgan fingerprint density at radius 1 is 0.850 bits per heavy atom. The summed E-state index contributed by atoms with van der Waals surface area (Å²) < 4.78 is 0. The lowest BCUT2D eigenvalue weighted by atomic mass is 10.00. The van der Waals surface area contributed by atoms with Crippen LogP contribution in [0.3, 0.4) is 0 Å². The SMILES string of the molecule is Cc1cc(C)c(CNCc2ccc(CCl)cc2)c(C)c1. The van der Waals surface area contributed by atoms with Crippen LogP contribution in [0.25, 0.3) is 0 Å². The van der Waals surface area contributed by atoms with E-state index in [9.17, 15) is 0 Å². The Kier molecular flexibility index (Phi) is 5.22. The number of alkyl halides is 1. The highest BCUT2D eigenvalue weighted by molar-refractivity contribution is 6.17. The van der Waals surface area contributed by atoms with Gasteiger partial charge in [0.15, 0.2) is 0 Å². The molecule has 0 bridgehead atoms. The molecule has 0 fully saturated rings. The fourth-order valence-electron chi connectivity index (χ4n) is 2.57. The van der Waals surface area contributed by atoms with E-state index in [1.54, 1.807) is 0 Å². The Morgan fingerprint density at radius 3 is 1.95 bits per heavy atom. The van der Waals surface area contributed by atoms with Gasteiger partial charge in [0.1, 0.15) is 0 Å². The van der Waals surface area contributed by atoms with E-state index < -0.39 is 0 Å². The second-order valence-corrected chi connectivity index (χ2v) is 5.70. The summed E-state index contributed by atoms with van der Waals surface area (Å²) in [5, 5.41) is 3.52. The van der Waals surface area contributed by atoms with Gasteiger partial charge in [-0.2, -0.15) is 0 Å². The van der Waals surface area contributed by atoms with E-state index in [4.69, 9.17) is 11.6 Å². The summed E-state index contributed by atoms with van der Waals surface area (Å²) in [6.07, 6.45) is 0. The highest BCUT2D eigenvalue weighted by Gasteiger charge is 2.03. The van der Waals surface area contributed by atoms with Gasteiger partial charge in [-0.05, 0) is 48.6 Å². The lowest BCUT2D eigenvalue weighted by molar-refractivity contribution is 0.687. The third-order valence-electron chi connectivity index (χ3n) is 3.65. The standard InChI is InChI=1S/C18H22ClN/c1-13-8-14(2)18(15(3)9-13)12-20-11-17-6-4-16(10-19)5-7-17/h4-9,20H,10-12H2,1-3H3. The van der Waals surface area contributed by atoms with Gasteiger partial charge < -0.3 is 5.32 Å². The number of rotatable bonds is 5. The van der Waals surface area contributed by atoms with E-state index in [-0.39, 0.29) is 0 Å². The molecule has 2 heteroatoms. The minimum atomic E-state index is 0.579. The van der Waals surface area contributed by atoms with E-state index in [2.05, 4.69) is 62.5 Å². The zero-order chi connectivity index (χ0) is 14.5. The van der Waals surface area contributed by atoms with Gasteiger partial charge in [-0.3, -0.25) is 0 Å². The van der Waals surface area contributed by atoms with E-state index >= 15 is 0 Å². The fourth-order valence-corrected chi connectivity index (χ4v) is 2.74. The van der Waals surface area contributed by atoms with Crippen molar-refractivity contribution in [3.63, 3.8) is 0 Å². The average Bonchev–Trinajstić information content (AvgIpc) is 2.42. The molecule has 2 aromatic carbocycles. The molecule has 1 N–H and O–H groups in total. The van der Waals surface area contributed by atoms with Gasteiger partial charge in [0, 0.05) is 19.0 Å². The molecule has 0 amide bonds. The second kappa shape index (κ2) is 6.92. The van der Waals surface area contributed by atoms with Crippen LogP contribution in [-0.2, 0) is 19.0 Å². The summed E-state index contributed by atoms with van der Waals surface area (Å²) >= 11 is 5.80. The van der Waals surface area contributed by atoms with E-state index in [1.807, 2.05) is 0 Å². The van der Waals surface area contributed by atoms with Crippen LogP contribution in [0.1, 0.15) is 33.4 Å². The zero-order valence-corrected chi connectivity index (χ0v) is 13.2. The first kappa shape index (κ1) is 15.1. The van der Waals surface area contributed by atoms with Crippen molar-refractivity contribution in [3.05, 3.63) is 69.8 Å². The van der Waals surface area contributed by atoms with Crippen molar-refractivity contribution in [1.82, 2.24) is 5.32 Å². The quantitative estimate of drug-likeness (QED) is 0.790. The number of nitrogens with one attached hydrogen (secondary N) is 1. The van der Waals surface area contributed by atoms with Crippen LogP contribution in [0.4, 0.5) is 0 Å². The Labute approximate surface area is 127 Å². The van der Waals surface area contributed by atoms with E-state index in [1.165, 1.54) is 33.4 Å². The maximum absolute atomic E-state index is 5.80. The van der Waals surface area contributed by atoms with Gasteiger partial charge in [-0.15, -0.1) is 11.6 Å². The first-order chi connectivity index (χ1) is 9.60. The van der Waals surface area contributed by atoms with Crippen LogP contribution in [-0.4, -0.2) is 0 Å². The molecule has 0 spiro atoms. The Balaban J connectivity index is 1.95. The van der Waals surface area contributed by atoms with Crippen LogP contribution >= 0.6 is 11.6 Å². The van der Waals surface area contributed by atoms with Gasteiger partial charge in [0.05, 0.1) is 0 Å². The van der Waals surface area contributed by atoms with Gasteiger partial charge >= 0.3 is 0 Å². The van der Waals surface area contributed by atoms with Crippen molar-refractivity contribution >= 4 is 11.6 Å². The van der Waals surface area contributed by atoms with Crippen molar-refractivity contribution in [2.45, 2.75) is 39.7 Å². The molecule has 0 aromatic heterocycles. The molecule has 2 rings (SSSR count). The lowest BCUT2D eigenvalue weighted by Crippen LogP contribution is -2.14. The number of aryl methyl sites for hydroxylation is 3. The molecule has 0 heterocycles. The average molecular weight is 288 g/mol. The van der Waals surface area contributed by atoms with Crippen LogP contribution < -0.4 is 5.32 Å². The third-order valence-corrected chi connectivity index (χ3v) is 3.96. The van der Waals surface area contributed by atoms with Crippen LogP contribution in [0.15, 0.2) is 36.4 Å². The van der Waals surface area contributed by atoms with Crippen molar-refractivity contribution < 1.29 is 0 Å². The molecule has 106 valence electrons. The molecule has 0 unspecified atom stereocenters. The van der Waals surface area contributed by atoms with Crippen molar-refractivity contribution in [3.8, 4) is 0 Å². The highest BCUT2D eigenvalue weighted by Crippen LogP contribution is 2.16. The van der Waals surface area contributed by atoms with Gasteiger partial charge in [0.2, 0.25) is 0 Å². The van der Waals surface area contributed by atoms with E-state index in [0.29, 0.717) is 5.88 Å². The molecule has 0 aliphatic rings. The molecule has 20 heavy (non-hydrogen) atoms. The van der Waals surface area contributed by atoms with Crippen molar-refractivity contribution in [2.24, 2.45) is 0 Å². The summed E-state index contributed by atoms with van der Waals surface area (Å²) in [5.74, 6) is 0.579. The second-order valence-electron chi connectivity index (χ2n) is 5.43. The van der Waals surface area contributed by atoms with Gasteiger partial charge in [-0.25, -0.2) is 0 Å². The predicted octanol–water partition coefficient (Wildman–Crippen LogP) is 4.64. The molecule has 1 nitrogen and oxygen atoms in total. The topological polar surface area (TPSA) is 12.0 Å². The number of halogens is 1. The molecule has 0 saturated carbocycles. The molecule has 0 atom stereocenters. The molecule has 0 radical (unpaired) electrons. The van der Waals surface area contributed by atoms with E-state index in [0.717, 1.165) is 13.1 Å². The van der Waals surface area contributed by atoms with Crippen LogP contribution in [0.2, 0.25) is 0 Å². The summed E-state index contributed by atoms with van der Waals surface area (Å²) in [6.45, 7) is 8.32. The highest BCUT2D eigenvalue weighted by atomic mass is 35.5. The first-order valence-corrected chi connectivity index (χ1v) is 7.55. The monoisotopic (exact) mass is 287 g/mol. The minimum absolute atomic E-state index is 0.579. The van der Waals surface area contributed by atoms with Gasteiger partial charge in [0.25, 0.3) is 0 Å². The maximum Gasteiger partial charge on any atom is 0.0474 e. The molecule has 0 aliphatic carbocycles. The fraction of sp³-hybridized carbons (Fsp3) is 0.333. The van der Waals surface area contributed by atoms with Crippen molar-refractivity contribution in [2.75, 3.05) is 0 Å². The summed E-state index contributed by atoms with van der Waals surface area (Å²) in [7, 11) is 0. The van der Waals surface area contributed by atoms with Crippen LogP contribution in [0, 0.1) is 20.8 Å². The zero-order valence-electron chi connectivity index (χ0n) is 12.5. The first-order valence-electron chi connectivity index (χ1n) is 7.01. The largest absolute Gasteiger partial charge is 0.309 e. The molecule has 0 saturated heterocycles. The predicted molar refractivity (Wildman–Crippen MR) is 87.2 cm³/mol. The lowest BCUT2D eigenvalue weighted by Gasteiger charge is -2.12. The summed E-state index contributed by atoms with van der Waals surface area (Å²) in [4.78, 5) is 0.